The van der Waals surface area contributed by atoms with Gasteiger partial charge in [-0.25, -0.2) is 4.39 Å². The third-order valence-electron chi connectivity index (χ3n) is 4.81. The van der Waals surface area contributed by atoms with Crippen molar-refractivity contribution in [3.05, 3.63) is 33.6 Å². The molecule has 0 nitrogen and oxygen atoms in total. The molecule has 0 aliphatic heterocycles. The van der Waals surface area contributed by atoms with E-state index in [1.54, 1.807) is 0 Å². The van der Waals surface area contributed by atoms with E-state index < -0.39 is 0 Å². The van der Waals surface area contributed by atoms with Gasteiger partial charge in [-0.15, -0.1) is 0 Å². The molecule has 0 unspecified atom stereocenters. The molecule has 1 heteroatoms. The Hall–Kier alpha value is -0.850. The summed E-state index contributed by atoms with van der Waals surface area (Å²) in [6.07, 6.45) is 6.92. The average molecular weight is 260 g/mol. The fourth-order valence-corrected chi connectivity index (χ4v) is 3.76. The molecule has 1 saturated carbocycles. The van der Waals surface area contributed by atoms with Gasteiger partial charge in [-0.05, 0) is 84.6 Å². The lowest BCUT2D eigenvalue weighted by atomic mass is 9.76. The number of fused-ring (bicyclic) bond motifs is 1. The van der Waals surface area contributed by atoms with E-state index >= 15 is 0 Å². The van der Waals surface area contributed by atoms with Crippen LogP contribution in [0.3, 0.4) is 0 Å². The van der Waals surface area contributed by atoms with Crippen LogP contribution in [0.4, 0.5) is 4.39 Å². The summed E-state index contributed by atoms with van der Waals surface area (Å²) in [6.45, 7) is 8.86. The van der Waals surface area contributed by atoms with E-state index in [2.05, 4.69) is 20.8 Å². The Morgan fingerprint density at radius 2 is 1.74 bits per heavy atom. The standard InChI is InChI=1S/C18H25F/c1-11-15(10-12-8-9-12)16(18(2,3)4)13-6-5-7-14(13)17(11)19/h12H,5-10H2,1-4H3. The summed E-state index contributed by atoms with van der Waals surface area (Å²) in [5.41, 5.74) is 6.28. The molecule has 0 spiro atoms. The van der Waals surface area contributed by atoms with Crippen molar-refractivity contribution in [3.63, 3.8) is 0 Å². The minimum atomic E-state index is 0.108. The number of halogens is 1. The van der Waals surface area contributed by atoms with Crippen LogP contribution in [0.15, 0.2) is 0 Å². The van der Waals surface area contributed by atoms with Gasteiger partial charge in [0.15, 0.2) is 0 Å². The molecule has 104 valence electrons. The van der Waals surface area contributed by atoms with Crippen molar-refractivity contribution in [2.45, 2.75) is 71.6 Å². The summed E-state index contributed by atoms with van der Waals surface area (Å²) in [6, 6.07) is 0. The normalized spacial score (nSPS) is 18.8. The summed E-state index contributed by atoms with van der Waals surface area (Å²) in [5, 5.41) is 0. The third-order valence-corrected chi connectivity index (χ3v) is 4.81. The molecule has 19 heavy (non-hydrogen) atoms. The smallest absolute Gasteiger partial charge is 0.129 e. The molecule has 1 fully saturated rings. The molecule has 0 heterocycles. The topological polar surface area (TPSA) is 0 Å². The van der Waals surface area contributed by atoms with Gasteiger partial charge >= 0.3 is 0 Å². The van der Waals surface area contributed by atoms with Gasteiger partial charge in [0.2, 0.25) is 0 Å². The molecular formula is C18H25F. The Balaban J connectivity index is 2.22. The molecule has 0 N–H and O–H groups in total. The minimum absolute atomic E-state index is 0.108. The Kier molecular flexibility index (Phi) is 2.99. The van der Waals surface area contributed by atoms with Gasteiger partial charge in [0.05, 0.1) is 0 Å². The van der Waals surface area contributed by atoms with E-state index in [-0.39, 0.29) is 11.2 Å². The second kappa shape index (κ2) is 4.33. The van der Waals surface area contributed by atoms with Crippen molar-refractivity contribution in [3.8, 4) is 0 Å². The van der Waals surface area contributed by atoms with Crippen LogP contribution >= 0.6 is 0 Å². The first-order valence-corrected chi connectivity index (χ1v) is 7.72. The van der Waals surface area contributed by atoms with Crippen LogP contribution in [0.5, 0.6) is 0 Å². The zero-order valence-corrected chi connectivity index (χ0v) is 12.7. The van der Waals surface area contributed by atoms with Crippen molar-refractivity contribution in [2.75, 3.05) is 0 Å². The van der Waals surface area contributed by atoms with Gasteiger partial charge < -0.3 is 0 Å². The Labute approximate surface area is 116 Å². The molecule has 2 aliphatic carbocycles. The summed E-state index contributed by atoms with van der Waals surface area (Å²) in [5.74, 6) is 0.926. The molecular weight excluding hydrogens is 235 g/mol. The van der Waals surface area contributed by atoms with Crippen molar-refractivity contribution in [2.24, 2.45) is 5.92 Å². The minimum Gasteiger partial charge on any atom is -0.206 e. The van der Waals surface area contributed by atoms with Gasteiger partial charge in [0.25, 0.3) is 0 Å². The fraction of sp³-hybridized carbons (Fsp3) is 0.667. The molecule has 1 aromatic rings. The zero-order chi connectivity index (χ0) is 13.8. The predicted octanol–water partition coefficient (Wildman–Crippen LogP) is 4.87. The molecule has 0 aromatic heterocycles. The van der Waals surface area contributed by atoms with E-state index in [0.29, 0.717) is 0 Å². The van der Waals surface area contributed by atoms with E-state index in [0.717, 1.165) is 42.7 Å². The van der Waals surface area contributed by atoms with E-state index in [1.807, 2.05) is 6.92 Å². The van der Waals surface area contributed by atoms with Crippen LogP contribution in [0.2, 0.25) is 0 Å². The van der Waals surface area contributed by atoms with Crippen LogP contribution in [0.25, 0.3) is 0 Å². The van der Waals surface area contributed by atoms with Crippen molar-refractivity contribution in [1.29, 1.82) is 0 Å². The van der Waals surface area contributed by atoms with Crippen molar-refractivity contribution in [1.82, 2.24) is 0 Å². The average Bonchev–Trinajstić information content (AvgIpc) is 2.99. The Morgan fingerprint density at radius 1 is 1.11 bits per heavy atom. The Morgan fingerprint density at radius 3 is 2.32 bits per heavy atom. The Bertz CT molecular complexity index is 516. The van der Waals surface area contributed by atoms with Crippen molar-refractivity contribution >= 4 is 0 Å². The highest BCUT2D eigenvalue weighted by Crippen LogP contribution is 2.43. The van der Waals surface area contributed by atoms with E-state index in [4.69, 9.17) is 0 Å². The van der Waals surface area contributed by atoms with Gasteiger partial charge in [-0.1, -0.05) is 20.8 Å². The SMILES string of the molecule is Cc1c(F)c2c(c(C(C)(C)C)c1CC1CC1)CCC2. The van der Waals surface area contributed by atoms with Crippen LogP contribution in [-0.2, 0) is 24.7 Å². The lowest BCUT2D eigenvalue weighted by Gasteiger charge is -2.29. The molecule has 0 saturated heterocycles. The maximum absolute atomic E-state index is 14.6. The second-order valence-corrected chi connectivity index (χ2v) is 7.50. The maximum atomic E-state index is 14.6. The largest absolute Gasteiger partial charge is 0.206 e. The molecule has 0 radical (unpaired) electrons. The van der Waals surface area contributed by atoms with Crippen LogP contribution in [0, 0.1) is 18.7 Å². The summed E-state index contributed by atoms with van der Waals surface area (Å²) >= 11 is 0. The fourth-order valence-electron chi connectivity index (χ4n) is 3.76. The summed E-state index contributed by atoms with van der Waals surface area (Å²) < 4.78 is 14.6. The first kappa shape index (κ1) is 13.1. The monoisotopic (exact) mass is 260 g/mol. The van der Waals surface area contributed by atoms with Crippen molar-refractivity contribution < 1.29 is 4.39 Å². The van der Waals surface area contributed by atoms with Crippen LogP contribution in [-0.4, -0.2) is 0 Å². The predicted molar refractivity (Wildman–Crippen MR) is 78.3 cm³/mol. The second-order valence-electron chi connectivity index (χ2n) is 7.50. The quantitative estimate of drug-likeness (QED) is 0.711. The highest BCUT2D eigenvalue weighted by molar-refractivity contribution is 5.52. The van der Waals surface area contributed by atoms with Crippen LogP contribution < -0.4 is 0 Å². The highest BCUT2D eigenvalue weighted by atomic mass is 19.1. The third kappa shape index (κ3) is 2.22. The van der Waals surface area contributed by atoms with Gasteiger partial charge in [-0.2, -0.15) is 0 Å². The molecule has 1 aromatic carbocycles. The van der Waals surface area contributed by atoms with E-state index in [9.17, 15) is 4.39 Å². The number of rotatable bonds is 2. The first-order valence-electron chi connectivity index (χ1n) is 7.72. The summed E-state index contributed by atoms with van der Waals surface area (Å²) in [7, 11) is 0. The summed E-state index contributed by atoms with van der Waals surface area (Å²) in [4.78, 5) is 0. The number of benzene rings is 1. The maximum Gasteiger partial charge on any atom is 0.129 e. The highest BCUT2D eigenvalue weighted by Gasteiger charge is 2.33. The molecule has 3 rings (SSSR count). The van der Waals surface area contributed by atoms with Crippen LogP contribution in [0.1, 0.15) is 67.9 Å². The lowest BCUT2D eigenvalue weighted by Crippen LogP contribution is -2.20. The number of hydrogen-bond acceptors (Lipinski definition) is 0. The lowest BCUT2D eigenvalue weighted by molar-refractivity contribution is 0.556. The molecule has 0 bridgehead atoms. The number of hydrogen-bond donors (Lipinski definition) is 0. The molecule has 2 aliphatic rings. The van der Waals surface area contributed by atoms with Gasteiger partial charge in [-0.3, -0.25) is 0 Å². The molecule has 0 amide bonds. The van der Waals surface area contributed by atoms with Gasteiger partial charge in [0, 0.05) is 0 Å². The zero-order valence-electron chi connectivity index (χ0n) is 12.7. The first-order chi connectivity index (χ1) is 8.89. The van der Waals surface area contributed by atoms with E-state index in [1.165, 1.54) is 29.5 Å². The van der Waals surface area contributed by atoms with Gasteiger partial charge in [0.1, 0.15) is 5.82 Å². The molecule has 0 atom stereocenters.